The Morgan fingerprint density at radius 3 is 2.53 bits per heavy atom. The van der Waals surface area contributed by atoms with E-state index >= 15 is 0 Å². The Bertz CT molecular complexity index is 402. The number of carbonyl (C=O) groups excluding carboxylic acids is 2. The molecule has 0 radical (unpaired) electrons. The summed E-state index contributed by atoms with van der Waals surface area (Å²) in [4.78, 5) is 24.1. The van der Waals surface area contributed by atoms with Crippen LogP contribution >= 0.6 is 0 Å². The van der Waals surface area contributed by atoms with Gasteiger partial charge in [-0.25, -0.2) is 4.79 Å². The number of nitrogens with one attached hydrogen (secondary N) is 1. The highest BCUT2D eigenvalue weighted by molar-refractivity contribution is 5.78. The largest absolute Gasteiger partial charge is 0.444 e. The lowest BCUT2D eigenvalue weighted by Crippen LogP contribution is -2.68. The summed E-state index contributed by atoms with van der Waals surface area (Å²) >= 11 is 0. The molecule has 2 N–H and O–H groups in total. The highest BCUT2D eigenvalue weighted by Crippen LogP contribution is 2.22. The number of hydrogen-bond acceptors (Lipinski definition) is 5. The van der Waals surface area contributed by atoms with Crippen molar-refractivity contribution in [3.05, 3.63) is 0 Å². The SMILES string of the molecule is CC(C)(C)OC(=O)N1CC(O)(CNC(=O)CC#N)C1. The van der Waals surface area contributed by atoms with Gasteiger partial charge in [0, 0.05) is 6.54 Å². The molecule has 0 saturated carbocycles. The molecule has 0 spiro atoms. The first-order valence-corrected chi connectivity index (χ1v) is 5.99. The molecule has 2 amide bonds. The van der Waals surface area contributed by atoms with Gasteiger partial charge in [-0.1, -0.05) is 0 Å². The van der Waals surface area contributed by atoms with Gasteiger partial charge in [0.2, 0.25) is 5.91 Å². The third-order valence-electron chi connectivity index (χ3n) is 2.48. The number of rotatable bonds is 3. The van der Waals surface area contributed by atoms with Gasteiger partial charge in [0.1, 0.15) is 17.6 Å². The molecule has 106 valence electrons. The van der Waals surface area contributed by atoms with Crippen LogP contribution in [0.15, 0.2) is 0 Å². The van der Waals surface area contributed by atoms with Crippen LogP contribution in [-0.4, -0.2) is 52.8 Å². The van der Waals surface area contributed by atoms with Crippen molar-refractivity contribution in [2.75, 3.05) is 19.6 Å². The van der Waals surface area contributed by atoms with Crippen molar-refractivity contribution in [2.45, 2.75) is 38.4 Å². The number of carbonyl (C=O) groups is 2. The van der Waals surface area contributed by atoms with Crippen LogP contribution in [0.1, 0.15) is 27.2 Å². The van der Waals surface area contributed by atoms with E-state index in [0.717, 1.165) is 0 Å². The number of nitrogens with zero attached hydrogens (tertiary/aromatic N) is 2. The van der Waals surface area contributed by atoms with E-state index in [-0.39, 0.29) is 26.1 Å². The van der Waals surface area contributed by atoms with E-state index in [1.54, 1.807) is 26.8 Å². The van der Waals surface area contributed by atoms with Crippen LogP contribution in [0.5, 0.6) is 0 Å². The van der Waals surface area contributed by atoms with E-state index in [4.69, 9.17) is 10.00 Å². The highest BCUT2D eigenvalue weighted by atomic mass is 16.6. The number of nitriles is 1. The molecule has 1 aliphatic heterocycles. The van der Waals surface area contributed by atoms with E-state index < -0.39 is 23.2 Å². The maximum absolute atomic E-state index is 11.6. The van der Waals surface area contributed by atoms with Crippen molar-refractivity contribution in [2.24, 2.45) is 0 Å². The monoisotopic (exact) mass is 269 g/mol. The Morgan fingerprint density at radius 2 is 2.05 bits per heavy atom. The van der Waals surface area contributed by atoms with E-state index in [1.807, 2.05) is 0 Å². The molecule has 1 aliphatic rings. The quantitative estimate of drug-likeness (QED) is 0.750. The summed E-state index contributed by atoms with van der Waals surface area (Å²) in [5, 5.41) is 20.8. The Labute approximate surface area is 112 Å². The molecule has 0 bridgehead atoms. The second-order valence-corrected chi connectivity index (χ2v) is 5.67. The fourth-order valence-corrected chi connectivity index (χ4v) is 1.63. The van der Waals surface area contributed by atoms with Crippen molar-refractivity contribution in [1.29, 1.82) is 5.26 Å². The standard InChI is InChI=1S/C12H19N3O4/c1-11(2,3)19-10(17)15-7-12(18,8-15)6-14-9(16)4-5-13/h18H,4,6-8H2,1-3H3,(H,14,16). The van der Waals surface area contributed by atoms with Gasteiger partial charge in [0.25, 0.3) is 0 Å². The zero-order valence-corrected chi connectivity index (χ0v) is 11.4. The van der Waals surface area contributed by atoms with Crippen LogP contribution in [0.2, 0.25) is 0 Å². The molecule has 1 heterocycles. The molecule has 7 heteroatoms. The first kappa shape index (κ1) is 15.2. The fourth-order valence-electron chi connectivity index (χ4n) is 1.63. The Balaban J connectivity index is 2.33. The molecule has 0 aromatic carbocycles. The predicted octanol–water partition coefficient (Wildman–Crippen LogP) is -0.00192. The summed E-state index contributed by atoms with van der Waals surface area (Å²) in [6.07, 6.45) is -0.730. The summed E-state index contributed by atoms with van der Waals surface area (Å²) in [5.41, 5.74) is -1.71. The maximum atomic E-state index is 11.6. The first-order valence-electron chi connectivity index (χ1n) is 5.99. The van der Waals surface area contributed by atoms with Crippen molar-refractivity contribution in [3.63, 3.8) is 0 Å². The third-order valence-corrected chi connectivity index (χ3v) is 2.48. The smallest absolute Gasteiger partial charge is 0.410 e. The Morgan fingerprint density at radius 1 is 1.47 bits per heavy atom. The van der Waals surface area contributed by atoms with E-state index in [9.17, 15) is 14.7 Å². The Hall–Kier alpha value is -1.81. The lowest BCUT2D eigenvalue weighted by Gasteiger charge is -2.46. The average molecular weight is 269 g/mol. The maximum Gasteiger partial charge on any atom is 0.410 e. The summed E-state index contributed by atoms with van der Waals surface area (Å²) in [6.45, 7) is 5.52. The van der Waals surface area contributed by atoms with Gasteiger partial charge in [0.15, 0.2) is 0 Å². The Kier molecular flexibility index (Phi) is 4.37. The number of likely N-dealkylation sites (tertiary alicyclic amines) is 1. The second-order valence-electron chi connectivity index (χ2n) is 5.67. The van der Waals surface area contributed by atoms with Gasteiger partial charge >= 0.3 is 6.09 Å². The minimum atomic E-state index is -1.14. The minimum absolute atomic E-state index is 0.0206. The summed E-state index contributed by atoms with van der Waals surface area (Å²) in [7, 11) is 0. The number of hydrogen-bond donors (Lipinski definition) is 2. The lowest BCUT2D eigenvalue weighted by atomic mass is 9.94. The van der Waals surface area contributed by atoms with Crippen molar-refractivity contribution < 1.29 is 19.4 Å². The fraction of sp³-hybridized carbons (Fsp3) is 0.750. The molecule has 0 aromatic rings. The molecular weight excluding hydrogens is 250 g/mol. The first-order chi connectivity index (χ1) is 8.65. The number of ether oxygens (including phenoxy) is 1. The van der Waals surface area contributed by atoms with Crippen LogP contribution in [0.4, 0.5) is 4.79 Å². The minimum Gasteiger partial charge on any atom is -0.444 e. The lowest BCUT2D eigenvalue weighted by molar-refractivity contribution is -0.125. The predicted molar refractivity (Wildman–Crippen MR) is 66.0 cm³/mol. The molecule has 7 nitrogen and oxygen atoms in total. The molecule has 0 aliphatic carbocycles. The van der Waals surface area contributed by atoms with E-state index in [2.05, 4.69) is 5.32 Å². The van der Waals surface area contributed by atoms with Crippen LogP contribution in [-0.2, 0) is 9.53 Å². The molecule has 1 saturated heterocycles. The zero-order chi connectivity index (χ0) is 14.7. The number of β-amino-alcohol motifs (C(OH)–C–C–N with tert-alkyl or cyclic N) is 1. The molecule has 0 aromatic heterocycles. The summed E-state index contributed by atoms with van der Waals surface area (Å²) in [5.74, 6) is -0.438. The van der Waals surface area contributed by atoms with Gasteiger partial charge in [-0.2, -0.15) is 5.26 Å². The third kappa shape index (κ3) is 4.75. The highest BCUT2D eigenvalue weighted by Gasteiger charge is 2.45. The van der Waals surface area contributed by atoms with Gasteiger partial charge < -0.3 is 20.1 Å². The second kappa shape index (κ2) is 5.45. The topological polar surface area (TPSA) is 103 Å². The molecule has 0 unspecified atom stereocenters. The van der Waals surface area contributed by atoms with Gasteiger partial charge in [-0.15, -0.1) is 0 Å². The number of amides is 2. The van der Waals surface area contributed by atoms with Gasteiger partial charge in [-0.3, -0.25) is 4.79 Å². The average Bonchev–Trinajstić information content (AvgIpc) is 2.20. The van der Waals surface area contributed by atoms with Crippen molar-refractivity contribution in [3.8, 4) is 6.07 Å². The molecule has 1 fully saturated rings. The van der Waals surface area contributed by atoms with Crippen LogP contribution in [0.25, 0.3) is 0 Å². The van der Waals surface area contributed by atoms with Crippen LogP contribution in [0.3, 0.4) is 0 Å². The molecule has 0 atom stereocenters. The summed E-state index contributed by atoms with van der Waals surface area (Å²) < 4.78 is 5.14. The molecule has 19 heavy (non-hydrogen) atoms. The van der Waals surface area contributed by atoms with E-state index in [1.165, 1.54) is 4.90 Å². The normalized spacial score (nSPS) is 17.1. The van der Waals surface area contributed by atoms with Crippen LogP contribution < -0.4 is 5.32 Å². The number of aliphatic hydroxyl groups is 1. The van der Waals surface area contributed by atoms with Gasteiger partial charge in [-0.05, 0) is 20.8 Å². The zero-order valence-electron chi connectivity index (χ0n) is 11.4. The van der Waals surface area contributed by atoms with Crippen molar-refractivity contribution in [1.82, 2.24) is 10.2 Å². The van der Waals surface area contributed by atoms with Crippen LogP contribution in [0, 0.1) is 11.3 Å². The van der Waals surface area contributed by atoms with Gasteiger partial charge in [0.05, 0.1) is 19.2 Å². The van der Waals surface area contributed by atoms with Crippen molar-refractivity contribution >= 4 is 12.0 Å². The molecule has 1 rings (SSSR count). The van der Waals surface area contributed by atoms with E-state index in [0.29, 0.717) is 0 Å². The summed E-state index contributed by atoms with van der Waals surface area (Å²) in [6, 6.07) is 1.71. The molecular formula is C12H19N3O4.